The van der Waals surface area contributed by atoms with Crippen LogP contribution in [0.2, 0.25) is 0 Å². The van der Waals surface area contributed by atoms with E-state index in [1.165, 1.54) is 29.8 Å². The Hall–Kier alpha value is -3.46. The summed E-state index contributed by atoms with van der Waals surface area (Å²) in [4.78, 5) is 29.3. The van der Waals surface area contributed by atoms with E-state index in [-0.39, 0.29) is 18.4 Å². The molecule has 0 bridgehead atoms. The van der Waals surface area contributed by atoms with Crippen molar-refractivity contribution in [3.05, 3.63) is 95.1 Å². The lowest BCUT2D eigenvalue weighted by molar-refractivity contribution is -0.137. The minimum Gasteiger partial charge on any atom is -0.497 e. The fourth-order valence-electron chi connectivity index (χ4n) is 4.64. The maximum absolute atomic E-state index is 14.1. The Morgan fingerprint density at radius 1 is 1.06 bits per heavy atom. The van der Waals surface area contributed by atoms with Crippen molar-refractivity contribution in [3.8, 4) is 5.75 Å². The number of rotatable bonds is 4. The Morgan fingerprint density at radius 3 is 2.54 bits per heavy atom. The van der Waals surface area contributed by atoms with Gasteiger partial charge in [0.15, 0.2) is 4.87 Å². The van der Waals surface area contributed by atoms with E-state index >= 15 is 0 Å². The topological polar surface area (TPSA) is 49.9 Å². The van der Waals surface area contributed by atoms with Crippen molar-refractivity contribution in [2.75, 3.05) is 24.3 Å². The van der Waals surface area contributed by atoms with E-state index in [9.17, 15) is 22.8 Å². The van der Waals surface area contributed by atoms with Gasteiger partial charge >= 0.3 is 6.18 Å². The Morgan fingerprint density at radius 2 is 1.83 bits per heavy atom. The molecule has 2 aliphatic rings. The second-order valence-corrected chi connectivity index (χ2v) is 9.58. The molecule has 35 heavy (non-hydrogen) atoms. The summed E-state index contributed by atoms with van der Waals surface area (Å²) in [6.07, 6.45) is -4.49. The molecule has 9 heteroatoms. The molecule has 2 aliphatic heterocycles. The summed E-state index contributed by atoms with van der Waals surface area (Å²) in [5.74, 6) is 0.429. The minimum absolute atomic E-state index is 0.0578. The standard InChI is InChI=1S/C26H21F3N2O3S/c1-34-20-10-11-22-21(15-20)25(31(12-13-35-25)23(32)18-7-3-2-4-8-18)24(33)30(22)16-17-6-5-9-19(14-17)26(27,28)29/h2-11,14-15H,12-13,16H2,1H3. The lowest BCUT2D eigenvalue weighted by atomic mass is 10.0. The first-order chi connectivity index (χ1) is 16.8. The molecule has 5 rings (SSSR count). The summed E-state index contributed by atoms with van der Waals surface area (Å²) in [5.41, 5.74) is 1.18. The Kier molecular flexibility index (Phi) is 5.75. The zero-order chi connectivity index (χ0) is 24.8. The molecule has 0 aromatic heterocycles. The van der Waals surface area contributed by atoms with E-state index in [2.05, 4.69) is 0 Å². The lowest BCUT2D eigenvalue weighted by Crippen LogP contribution is -2.50. The van der Waals surface area contributed by atoms with E-state index in [1.54, 1.807) is 53.4 Å². The molecule has 180 valence electrons. The Labute approximate surface area is 204 Å². The first kappa shape index (κ1) is 23.3. The van der Waals surface area contributed by atoms with Gasteiger partial charge in [-0.3, -0.25) is 9.59 Å². The molecule has 1 atom stereocenters. The van der Waals surface area contributed by atoms with Crippen LogP contribution in [0.1, 0.15) is 27.0 Å². The number of anilines is 1. The number of carbonyl (C=O) groups excluding carboxylic acids is 2. The number of halogens is 3. The van der Waals surface area contributed by atoms with Crippen LogP contribution in [0.25, 0.3) is 0 Å². The van der Waals surface area contributed by atoms with Gasteiger partial charge in [-0.1, -0.05) is 30.3 Å². The SMILES string of the molecule is COc1ccc2c(c1)C1(SCCN1C(=O)c1ccccc1)C(=O)N2Cc1cccc(C(F)(F)F)c1. The number of methoxy groups -OCH3 is 1. The highest BCUT2D eigenvalue weighted by Crippen LogP contribution is 2.55. The van der Waals surface area contributed by atoms with E-state index in [0.717, 1.165) is 12.1 Å². The number of fused-ring (bicyclic) bond motifs is 2. The molecule has 5 nitrogen and oxygen atoms in total. The quantitative estimate of drug-likeness (QED) is 0.490. The van der Waals surface area contributed by atoms with Crippen molar-refractivity contribution >= 4 is 29.3 Å². The van der Waals surface area contributed by atoms with Crippen molar-refractivity contribution in [2.24, 2.45) is 0 Å². The molecule has 1 spiro atoms. The molecule has 0 aliphatic carbocycles. The molecule has 0 radical (unpaired) electrons. The monoisotopic (exact) mass is 498 g/mol. The number of nitrogens with zero attached hydrogens (tertiary/aromatic N) is 2. The van der Waals surface area contributed by atoms with Crippen LogP contribution in [-0.2, 0) is 22.4 Å². The average Bonchev–Trinajstić information content (AvgIpc) is 3.40. The largest absolute Gasteiger partial charge is 0.497 e. The van der Waals surface area contributed by atoms with Crippen LogP contribution >= 0.6 is 11.8 Å². The van der Waals surface area contributed by atoms with Gasteiger partial charge in [-0.25, -0.2) is 0 Å². The number of hydrogen-bond acceptors (Lipinski definition) is 4. The fraction of sp³-hybridized carbons (Fsp3) is 0.231. The van der Waals surface area contributed by atoms with Crippen LogP contribution in [-0.4, -0.2) is 36.1 Å². The van der Waals surface area contributed by atoms with Gasteiger partial charge in [0, 0.05) is 23.4 Å². The second-order valence-electron chi connectivity index (χ2n) is 8.29. The van der Waals surface area contributed by atoms with Gasteiger partial charge in [0.2, 0.25) is 0 Å². The Balaban J connectivity index is 1.59. The van der Waals surface area contributed by atoms with Gasteiger partial charge in [-0.15, -0.1) is 11.8 Å². The van der Waals surface area contributed by atoms with Crippen molar-refractivity contribution < 1.29 is 27.5 Å². The highest BCUT2D eigenvalue weighted by molar-refractivity contribution is 8.01. The van der Waals surface area contributed by atoms with E-state index < -0.39 is 16.6 Å². The van der Waals surface area contributed by atoms with E-state index in [4.69, 9.17) is 4.74 Å². The second kappa shape index (κ2) is 8.64. The molecule has 1 unspecified atom stereocenters. The number of amides is 2. The van der Waals surface area contributed by atoms with Crippen molar-refractivity contribution in [1.29, 1.82) is 0 Å². The third-order valence-electron chi connectivity index (χ3n) is 6.26. The van der Waals surface area contributed by atoms with Crippen LogP contribution in [0, 0.1) is 0 Å². The lowest BCUT2D eigenvalue weighted by Gasteiger charge is -2.33. The molecular weight excluding hydrogens is 477 g/mol. The first-order valence-electron chi connectivity index (χ1n) is 10.9. The third-order valence-corrected chi connectivity index (χ3v) is 7.68. The number of alkyl halides is 3. The molecular formula is C26H21F3N2O3S. The molecule has 2 heterocycles. The van der Waals surface area contributed by atoms with Gasteiger partial charge in [0.25, 0.3) is 11.8 Å². The zero-order valence-electron chi connectivity index (χ0n) is 18.7. The smallest absolute Gasteiger partial charge is 0.416 e. The van der Waals surface area contributed by atoms with Crippen molar-refractivity contribution in [1.82, 2.24) is 4.90 Å². The molecule has 0 N–H and O–H groups in total. The molecule has 1 fully saturated rings. The van der Waals surface area contributed by atoms with Crippen LogP contribution in [0.3, 0.4) is 0 Å². The maximum Gasteiger partial charge on any atom is 0.416 e. The summed E-state index contributed by atoms with van der Waals surface area (Å²) in [5, 5.41) is 0. The molecule has 0 saturated carbocycles. The highest BCUT2D eigenvalue weighted by atomic mass is 32.2. The van der Waals surface area contributed by atoms with Crippen molar-refractivity contribution in [2.45, 2.75) is 17.6 Å². The Bertz CT molecular complexity index is 1300. The maximum atomic E-state index is 14.1. The van der Waals surface area contributed by atoms with Crippen LogP contribution < -0.4 is 9.64 Å². The summed E-state index contributed by atoms with van der Waals surface area (Å²) in [6, 6.07) is 18.8. The zero-order valence-corrected chi connectivity index (χ0v) is 19.5. The van der Waals surface area contributed by atoms with Gasteiger partial charge in [0.05, 0.1) is 24.9 Å². The number of ether oxygens (including phenoxy) is 1. The summed E-state index contributed by atoms with van der Waals surface area (Å²) in [6.45, 7) is 0.302. The first-order valence-corrected chi connectivity index (χ1v) is 11.9. The van der Waals surface area contributed by atoms with Crippen LogP contribution in [0.4, 0.5) is 18.9 Å². The van der Waals surface area contributed by atoms with Gasteiger partial charge in [-0.05, 0) is 48.0 Å². The normalized spacial score (nSPS) is 19.4. The molecule has 1 saturated heterocycles. The molecule has 2 amide bonds. The van der Waals surface area contributed by atoms with Gasteiger partial charge < -0.3 is 14.5 Å². The van der Waals surface area contributed by atoms with Crippen LogP contribution in [0.5, 0.6) is 5.75 Å². The van der Waals surface area contributed by atoms with Gasteiger partial charge in [-0.2, -0.15) is 13.2 Å². The summed E-state index contributed by atoms with van der Waals surface area (Å²) >= 11 is 1.35. The predicted octanol–water partition coefficient (Wildman–Crippen LogP) is 5.30. The van der Waals surface area contributed by atoms with Crippen LogP contribution in [0.15, 0.2) is 72.8 Å². The highest BCUT2D eigenvalue weighted by Gasteiger charge is 2.59. The van der Waals surface area contributed by atoms with Gasteiger partial charge in [0.1, 0.15) is 5.75 Å². The molecule has 3 aromatic rings. The number of carbonyl (C=O) groups is 2. The summed E-state index contributed by atoms with van der Waals surface area (Å²) < 4.78 is 45.2. The van der Waals surface area contributed by atoms with E-state index in [0.29, 0.717) is 40.4 Å². The number of benzene rings is 3. The average molecular weight is 499 g/mol. The fourth-order valence-corrected chi connectivity index (χ4v) is 6.10. The summed E-state index contributed by atoms with van der Waals surface area (Å²) in [7, 11) is 1.51. The molecule has 3 aromatic carbocycles. The number of hydrogen-bond donors (Lipinski definition) is 0. The number of thioether (sulfide) groups is 1. The van der Waals surface area contributed by atoms with E-state index in [1.807, 2.05) is 6.07 Å². The third kappa shape index (κ3) is 3.83. The minimum atomic E-state index is -4.49. The van der Waals surface area contributed by atoms with Crippen molar-refractivity contribution in [3.63, 3.8) is 0 Å². The predicted molar refractivity (Wildman–Crippen MR) is 127 cm³/mol.